The molecule has 1 atom stereocenters. The molecule has 0 spiro atoms. The molecular weight excluding hydrogens is 297 g/mol. The van der Waals surface area contributed by atoms with Crippen LogP contribution >= 0.6 is 0 Å². The number of nitrogens with two attached hydrogens (primary N) is 1. The molecule has 12 heteroatoms. The van der Waals surface area contributed by atoms with Crippen molar-refractivity contribution < 1.29 is 184 Å². The fourth-order valence-corrected chi connectivity index (χ4v) is 0.430. The van der Waals surface area contributed by atoms with Crippen LogP contribution in [0.3, 0.4) is 0 Å². The minimum absolute atomic E-state index is 0. The fraction of sp³-hybridized carbons (Fsp3) is 0.500. The third kappa shape index (κ3) is 17.4. The van der Waals surface area contributed by atoms with Crippen molar-refractivity contribution in [2.75, 3.05) is 0 Å². The molecule has 0 amide bonds. The van der Waals surface area contributed by atoms with Crippen LogP contribution in [0.25, 0.3) is 0 Å². The van der Waals surface area contributed by atoms with Crippen LogP contribution in [0.15, 0.2) is 0 Å². The van der Waals surface area contributed by atoms with Crippen LogP contribution in [0.2, 0.25) is 0 Å². The average molecular weight is 311 g/mol. The molecule has 0 aliphatic carbocycles. The van der Waals surface area contributed by atoms with Crippen molar-refractivity contribution in [3.05, 3.63) is 0 Å². The first-order chi connectivity index (χ1) is 5.86. The Balaban J connectivity index is -0.0000000160. The number of aliphatic carboxylic acids is 2. The van der Waals surface area contributed by atoms with Gasteiger partial charge in [0.05, 0.1) is 0 Å². The van der Waals surface area contributed by atoms with Crippen LogP contribution < -0.4 is 154 Å². The topological polar surface area (TPSA) is 127 Å². The van der Waals surface area contributed by atoms with Crippen LogP contribution in [0.4, 0.5) is 0 Å². The molecule has 0 aliphatic rings. The Labute approximate surface area is 223 Å². The number of rotatable bonds is 4. The zero-order chi connectivity index (χ0) is 10.6. The van der Waals surface area contributed by atoms with E-state index in [1.165, 1.54) is 6.92 Å². The van der Waals surface area contributed by atoms with Gasteiger partial charge in [-0.3, -0.25) is 4.79 Å². The van der Waals surface area contributed by atoms with Gasteiger partial charge in [-0.05, 0) is 6.92 Å². The van der Waals surface area contributed by atoms with Gasteiger partial charge in [0.1, 0.15) is 6.04 Å². The summed E-state index contributed by atoms with van der Waals surface area (Å²) in [7, 11) is 0. The molecule has 0 bridgehead atoms. The summed E-state index contributed by atoms with van der Waals surface area (Å²) in [6, 6.07) is -1.05. The molecule has 4 N–H and O–H groups in total. The Hall–Kier alpha value is 3.37. The Bertz CT molecular complexity index is 254. The summed E-state index contributed by atoms with van der Waals surface area (Å²) in [5, 5.41) is 16.6. The van der Waals surface area contributed by atoms with Crippen molar-refractivity contribution in [2.24, 2.45) is 5.73 Å². The van der Waals surface area contributed by atoms with E-state index in [4.69, 9.17) is 15.9 Å². The number of carboxylic acid groups (broad SMARTS) is 2. The van der Waals surface area contributed by atoms with Crippen LogP contribution in [0, 0.1) is 0 Å². The van der Waals surface area contributed by atoms with Gasteiger partial charge < -0.3 is 27.8 Å². The molecule has 0 saturated heterocycles. The summed E-state index contributed by atoms with van der Waals surface area (Å²) < 4.78 is 4.07. The van der Waals surface area contributed by atoms with E-state index in [0.29, 0.717) is 0 Å². The number of hydrogen-bond donors (Lipinski definition) is 3. The summed E-state index contributed by atoms with van der Waals surface area (Å²) >= 11 is 0. The van der Waals surface area contributed by atoms with Crippen molar-refractivity contribution >= 4 is 17.9 Å². The molecule has 18 heavy (non-hydrogen) atoms. The number of ether oxygens (including phenoxy) is 1. The largest absolute Gasteiger partial charge is 1.00 e. The SMILES string of the molecule is C[C@H](N)C(=O)OC(C(=O)O)C(=O)O.[H-].[H-].[H-].[H-].[H-].[Na+].[Na+].[Na+].[Na+].[Na+]. The van der Waals surface area contributed by atoms with Gasteiger partial charge in [0, 0.05) is 0 Å². The summed E-state index contributed by atoms with van der Waals surface area (Å²) in [4.78, 5) is 31.1. The van der Waals surface area contributed by atoms with Crippen molar-refractivity contribution in [2.45, 2.75) is 19.1 Å². The van der Waals surface area contributed by atoms with E-state index in [9.17, 15) is 14.4 Å². The average Bonchev–Trinajstić information content (AvgIpc) is 1.97. The van der Waals surface area contributed by atoms with E-state index in [0.717, 1.165) is 0 Å². The fourth-order valence-electron chi connectivity index (χ4n) is 0.430. The monoisotopic (exact) mass is 311 g/mol. The Morgan fingerprint density at radius 2 is 1.28 bits per heavy atom. The molecule has 84 valence electrons. The summed E-state index contributed by atoms with van der Waals surface area (Å²) in [5.41, 5.74) is 5.02. The van der Waals surface area contributed by atoms with Crippen LogP contribution in [0.5, 0.6) is 0 Å². The van der Waals surface area contributed by atoms with E-state index in [1.54, 1.807) is 0 Å². The normalized spacial score (nSPS) is 8.83. The molecule has 0 aliphatic heterocycles. The standard InChI is InChI=1S/C6H9NO6.5Na.5H/c1-2(7)6(12)13-3(4(8)9)5(10)11;;;;;;;;;;/h2-3H,7H2,1H3,(H,8,9)(H,10,11);;;;;;;;;;/q;5*+1;5*-1/t2-;;;;;;;;;;/m0........../s1. The second kappa shape index (κ2) is 20.4. The third-order valence-electron chi connectivity index (χ3n) is 1.05. The van der Waals surface area contributed by atoms with Crippen LogP contribution in [-0.2, 0) is 19.1 Å². The first-order valence-corrected chi connectivity index (χ1v) is 3.28. The van der Waals surface area contributed by atoms with Gasteiger partial charge in [-0.2, -0.15) is 0 Å². The number of carboxylic acids is 2. The molecule has 0 aromatic heterocycles. The first kappa shape index (κ1) is 37.5. The molecular formula is C6H14NNa5O6. The Kier molecular flexibility index (Phi) is 42.5. The van der Waals surface area contributed by atoms with E-state index in [1.807, 2.05) is 0 Å². The van der Waals surface area contributed by atoms with E-state index >= 15 is 0 Å². The molecule has 0 heterocycles. The zero-order valence-electron chi connectivity index (χ0n) is 16.8. The molecule has 0 aromatic rings. The minimum atomic E-state index is -2.20. The van der Waals surface area contributed by atoms with E-state index in [-0.39, 0.29) is 155 Å². The molecule has 0 aromatic carbocycles. The predicted octanol–water partition coefficient (Wildman–Crippen LogP) is -16.0. The summed E-state index contributed by atoms with van der Waals surface area (Å²) in [6.45, 7) is 1.25. The predicted molar refractivity (Wildman–Crippen MR) is 44.4 cm³/mol. The van der Waals surface area contributed by atoms with E-state index in [2.05, 4.69) is 4.74 Å². The van der Waals surface area contributed by atoms with Gasteiger partial charge >= 0.3 is 166 Å². The molecule has 0 fully saturated rings. The number of hydrogen-bond acceptors (Lipinski definition) is 5. The number of carbonyl (C=O) groups excluding carboxylic acids is 1. The maximum Gasteiger partial charge on any atom is 1.00 e. The Morgan fingerprint density at radius 1 is 1.00 bits per heavy atom. The molecule has 0 saturated carbocycles. The van der Waals surface area contributed by atoms with Crippen molar-refractivity contribution in [1.82, 2.24) is 0 Å². The van der Waals surface area contributed by atoms with Crippen molar-refractivity contribution in [1.29, 1.82) is 0 Å². The van der Waals surface area contributed by atoms with Gasteiger partial charge in [0.15, 0.2) is 0 Å². The van der Waals surface area contributed by atoms with Crippen molar-refractivity contribution in [3.8, 4) is 0 Å². The molecule has 7 nitrogen and oxygen atoms in total. The van der Waals surface area contributed by atoms with Crippen molar-refractivity contribution in [3.63, 3.8) is 0 Å². The van der Waals surface area contributed by atoms with Crippen LogP contribution in [-0.4, -0.2) is 40.3 Å². The molecule has 0 radical (unpaired) electrons. The molecule has 0 unspecified atom stereocenters. The second-order valence-corrected chi connectivity index (χ2v) is 2.28. The number of carbonyl (C=O) groups is 3. The van der Waals surface area contributed by atoms with Crippen LogP contribution in [0.1, 0.15) is 14.1 Å². The quantitative estimate of drug-likeness (QED) is 0.267. The maximum absolute atomic E-state index is 10.7. The smallest absolute Gasteiger partial charge is 1.00 e. The second-order valence-electron chi connectivity index (χ2n) is 2.28. The Morgan fingerprint density at radius 3 is 1.44 bits per heavy atom. The van der Waals surface area contributed by atoms with Gasteiger partial charge in [-0.1, -0.05) is 0 Å². The molecule has 0 rings (SSSR count). The summed E-state index contributed by atoms with van der Waals surface area (Å²) in [5.74, 6) is -4.57. The zero-order valence-corrected chi connectivity index (χ0v) is 21.8. The third-order valence-corrected chi connectivity index (χ3v) is 1.05. The first-order valence-electron chi connectivity index (χ1n) is 3.28. The van der Waals surface area contributed by atoms with E-state index < -0.39 is 30.1 Å². The van der Waals surface area contributed by atoms with Gasteiger partial charge in [0.2, 0.25) is 0 Å². The van der Waals surface area contributed by atoms with Gasteiger partial charge in [-0.15, -0.1) is 0 Å². The number of esters is 1. The van der Waals surface area contributed by atoms with Gasteiger partial charge in [-0.25, -0.2) is 9.59 Å². The van der Waals surface area contributed by atoms with Gasteiger partial charge in [0.25, 0.3) is 6.10 Å². The maximum atomic E-state index is 10.7. The minimum Gasteiger partial charge on any atom is -1.00 e. The summed E-state index contributed by atoms with van der Waals surface area (Å²) in [6.07, 6.45) is -2.20.